The molecule has 1 aliphatic heterocycles. The Morgan fingerprint density at radius 3 is 2.60 bits per heavy atom. The molecule has 13 nitrogen and oxygen atoms in total. The van der Waals surface area contributed by atoms with Crippen molar-refractivity contribution in [2.24, 2.45) is 7.05 Å². The van der Waals surface area contributed by atoms with E-state index < -0.39 is 40.3 Å². The summed E-state index contributed by atoms with van der Waals surface area (Å²) in [6, 6.07) is 4.63. The monoisotopic (exact) mass is 584 g/mol. The van der Waals surface area contributed by atoms with Crippen LogP contribution in [0.4, 0.5) is 20.7 Å². The molecule has 42 heavy (non-hydrogen) atoms. The van der Waals surface area contributed by atoms with E-state index >= 15 is 0 Å². The zero-order valence-corrected chi connectivity index (χ0v) is 24.3. The largest absolute Gasteiger partial charge is 0.481 e. The van der Waals surface area contributed by atoms with Gasteiger partial charge in [0.05, 0.1) is 36.5 Å². The maximum absolute atomic E-state index is 14.4. The minimum Gasteiger partial charge on any atom is -0.481 e. The molecule has 1 fully saturated rings. The number of nitro groups is 1. The molecule has 1 N–H and O–H groups in total. The summed E-state index contributed by atoms with van der Waals surface area (Å²) in [6.45, 7) is 5.72. The summed E-state index contributed by atoms with van der Waals surface area (Å²) in [7, 11) is 4.69. The lowest BCUT2D eigenvalue weighted by Gasteiger charge is -2.27. The molecule has 4 rings (SSSR count). The van der Waals surface area contributed by atoms with Gasteiger partial charge >= 0.3 is 17.9 Å². The Hall–Kier alpha value is -4.75. The summed E-state index contributed by atoms with van der Waals surface area (Å²) < 4.78 is 26.9. The number of nitrogens with zero attached hydrogens (tertiary/aromatic N) is 6. The van der Waals surface area contributed by atoms with Crippen molar-refractivity contribution in [3.05, 3.63) is 63.2 Å². The van der Waals surface area contributed by atoms with Crippen molar-refractivity contribution in [1.29, 1.82) is 0 Å². The van der Waals surface area contributed by atoms with Crippen LogP contribution in [0.1, 0.15) is 61.3 Å². The van der Waals surface area contributed by atoms with Gasteiger partial charge in [-0.15, -0.1) is 0 Å². The molecule has 224 valence electrons. The van der Waals surface area contributed by atoms with Gasteiger partial charge in [0, 0.05) is 26.2 Å². The van der Waals surface area contributed by atoms with Crippen LogP contribution in [0.5, 0.6) is 5.88 Å². The van der Waals surface area contributed by atoms with Gasteiger partial charge in [0.25, 0.3) is 0 Å². The highest BCUT2D eigenvalue weighted by atomic mass is 19.1. The number of aryl methyl sites for hydroxylation is 1. The van der Waals surface area contributed by atoms with Crippen molar-refractivity contribution >= 4 is 23.6 Å². The summed E-state index contributed by atoms with van der Waals surface area (Å²) in [5.41, 5.74) is 1.03. The van der Waals surface area contributed by atoms with E-state index in [1.807, 2.05) is 0 Å². The number of ether oxygens (including phenoxy) is 2. The number of hydrogen-bond acceptors (Lipinski definition) is 9. The van der Waals surface area contributed by atoms with E-state index in [0.29, 0.717) is 47.7 Å². The van der Waals surface area contributed by atoms with Crippen LogP contribution in [-0.2, 0) is 18.3 Å². The smallest absolute Gasteiger partial charge is 0.410 e. The molecular formula is C28H33FN6O7. The molecular weight excluding hydrogens is 551 g/mol. The first-order valence-corrected chi connectivity index (χ1v) is 13.2. The van der Waals surface area contributed by atoms with Gasteiger partial charge in [-0.05, 0) is 73.3 Å². The number of methoxy groups -OCH3 is 1. The Kier molecular flexibility index (Phi) is 8.36. The number of carboxylic acids is 1. The maximum Gasteiger partial charge on any atom is 0.410 e. The van der Waals surface area contributed by atoms with Crippen LogP contribution in [0.25, 0.3) is 11.1 Å². The zero-order valence-electron chi connectivity index (χ0n) is 24.3. The fourth-order valence-electron chi connectivity index (χ4n) is 5.09. The molecule has 0 bridgehead atoms. The maximum atomic E-state index is 14.4. The van der Waals surface area contributed by atoms with Crippen LogP contribution in [0.15, 0.2) is 30.5 Å². The number of rotatable bonds is 8. The quantitative estimate of drug-likeness (QED) is 0.284. The minimum absolute atomic E-state index is 0.0430. The molecule has 3 heterocycles. The van der Waals surface area contributed by atoms with Crippen molar-refractivity contribution in [3.63, 3.8) is 0 Å². The highest BCUT2D eigenvalue weighted by Gasteiger charge is 2.34. The second kappa shape index (κ2) is 11.6. The first-order chi connectivity index (χ1) is 19.7. The standard InChI is InChI=1S/C28H33FN6O7/c1-28(2,3)42-27(38)32(4)15-20-23(25(41-6)33(5)31-20)18-13-22(24(30-14-18)35(39)40)34-9-7-8-21(34)16-10-17(26(36)37)12-19(29)11-16/h10-14,21H,7-9,15H2,1-6H3,(H,36,37). The summed E-state index contributed by atoms with van der Waals surface area (Å²) in [5, 5.41) is 26.0. The van der Waals surface area contributed by atoms with Crippen LogP contribution >= 0.6 is 0 Å². The second-order valence-corrected chi connectivity index (χ2v) is 11.0. The van der Waals surface area contributed by atoms with Gasteiger partial charge in [-0.3, -0.25) is 0 Å². The molecule has 3 aromatic rings. The molecule has 1 unspecified atom stereocenters. The van der Waals surface area contributed by atoms with Crippen LogP contribution in [-0.4, -0.2) is 68.1 Å². The topological polar surface area (TPSA) is 153 Å². The number of amides is 1. The number of carbonyl (C=O) groups excluding carboxylic acids is 1. The number of anilines is 1. The van der Waals surface area contributed by atoms with Crippen molar-refractivity contribution in [3.8, 4) is 17.0 Å². The third kappa shape index (κ3) is 6.26. The molecule has 1 aliphatic rings. The van der Waals surface area contributed by atoms with Gasteiger partial charge in [0.2, 0.25) is 5.88 Å². The lowest BCUT2D eigenvalue weighted by Crippen LogP contribution is -2.34. The predicted octanol–water partition coefficient (Wildman–Crippen LogP) is 4.94. The van der Waals surface area contributed by atoms with E-state index in [2.05, 4.69) is 10.1 Å². The molecule has 0 radical (unpaired) electrons. The van der Waals surface area contributed by atoms with Gasteiger partial charge in [0.1, 0.15) is 23.3 Å². The van der Waals surface area contributed by atoms with Crippen LogP contribution in [0.3, 0.4) is 0 Å². The highest BCUT2D eigenvalue weighted by molar-refractivity contribution is 5.88. The van der Waals surface area contributed by atoms with E-state index in [0.717, 1.165) is 6.07 Å². The molecule has 0 aliphatic carbocycles. The molecule has 1 amide bonds. The number of halogens is 1. The van der Waals surface area contributed by atoms with E-state index in [9.17, 15) is 29.2 Å². The van der Waals surface area contributed by atoms with E-state index in [1.165, 1.54) is 35.0 Å². The van der Waals surface area contributed by atoms with Crippen molar-refractivity contribution < 1.29 is 33.5 Å². The van der Waals surface area contributed by atoms with Crippen molar-refractivity contribution in [1.82, 2.24) is 19.7 Å². The number of aromatic carboxylic acids is 1. The summed E-state index contributed by atoms with van der Waals surface area (Å²) in [5.74, 6) is -2.05. The Morgan fingerprint density at radius 2 is 1.98 bits per heavy atom. The van der Waals surface area contributed by atoms with Crippen molar-refractivity contribution in [2.45, 2.75) is 51.8 Å². The predicted molar refractivity (Wildman–Crippen MR) is 150 cm³/mol. The minimum atomic E-state index is -1.28. The van der Waals surface area contributed by atoms with E-state index in [-0.39, 0.29) is 17.8 Å². The van der Waals surface area contributed by atoms with E-state index in [4.69, 9.17) is 9.47 Å². The summed E-state index contributed by atoms with van der Waals surface area (Å²) in [6.07, 6.45) is 1.93. The first kappa shape index (κ1) is 30.2. The summed E-state index contributed by atoms with van der Waals surface area (Å²) >= 11 is 0. The molecule has 0 saturated carbocycles. The molecule has 1 atom stereocenters. The third-order valence-electron chi connectivity index (χ3n) is 6.78. The van der Waals surface area contributed by atoms with Gasteiger partial charge in [-0.25, -0.2) is 18.7 Å². The van der Waals surface area contributed by atoms with Gasteiger partial charge in [-0.1, -0.05) is 0 Å². The number of carboxylic acid groups (broad SMARTS) is 1. The Morgan fingerprint density at radius 1 is 1.26 bits per heavy atom. The fourth-order valence-corrected chi connectivity index (χ4v) is 5.09. The average Bonchev–Trinajstić information content (AvgIpc) is 3.51. The zero-order chi connectivity index (χ0) is 30.9. The fraction of sp³-hybridized carbons (Fsp3) is 0.429. The van der Waals surface area contributed by atoms with Gasteiger partial charge < -0.3 is 34.5 Å². The van der Waals surface area contributed by atoms with E-state index in [1.54, 1.807) is 45.8 Å². The summed E-state index contributed by atoms with van der Waals surface area (Å²) in [4.78, 5) is 43.0. The molecule has 1 aromatic carbocycles. The van der Waals surface area contributed by atoms with Crippen LogP contribution in [0.2, 0.25) is 0 Å². The molecule has 0 spiro atoms. The number of benzene rings is 1. The first-order valence-electron chi connectivity index (χ1n) is 13.2. The normalized spacial score (nSPS) is 15.0. The Balaban J connectivity index is 1.80. The molecule has 2 aromatic heterocycles. The Bertz CT molecular complexity index is 1530. The van der Waals surface area contributed by atoms with Gasteiger partial charge in [-0.2, -0.15) is 5.10 Å². The second-order valence-electron chi connectivity index (χ2n) is 11.0. The SMILES string of the molecule is COc1c(-c2cnc([N+](=O)[O-])c(N3CCCC3c3cc(F)cc(C(=O)O)c3)c2)c(CN(C)C(=O)OC(C)(C)C)nn1C. The average molecular weight is 585 g/mol. The molecule has 14 heteroatoms. The number of pyridine rings is 1. The lowest BCUT2D eigenvalue weighted by atomic mass is 10.0. The lowest BCUT2D eigenvalue weighted by molar-refractivity contribution is -0.388. The molecule has 1 saturated heterocycles. The highest BCUT2D eigenvalue weighted by Crippen LogP contribution is 2.43. The Labute approximate surface area is 241 Å². The van der Waals surface area contributed by atoms with Crippen LogP contribution in [0, 0.1) is 15.9 Å². The number of aromatic nitrogens is 3. The van der Waals surface area contributed by atoms with Crippen LogP contribution < -0.4 is 9.64 Å². The number of carbonyl (C=O) groups is 2. The van der Waals surface area contributed by atoms with Gasteiger partial charge in [0.15, 0.2) is 0 Å². The number of hydrogen-bond donors (Lipinski definition) is 1. The third-order valence-corrected chi connectivity index (χ3v) is 6.78. The van der Waals surface area contributed by atoms with Crippen molar-refractivity contribution in [2.75, 3.05) is 25.6 Å².